The van der Waals surface area contributed by atoms with Crippen molar-refractivity contribution in [1.29, 1.82) is 0 Å². The van der Waals surface area contributed by atoms with E-state index in [0.717, 1.165) is 40.7 Å². The van der Waals surface area contributed by atoms with Gasteiger partial charge in [-0.2, -0.15) is 4.98 Å². The molecule has 0 aliphatic carbocycles. The number of nitrogens with zero attached hydrogens (tertiary/aromatic N) is 3. The predicted octanol–water partition coefficient (Wildman–Crippen LogP) is 4.04. The van der Waals surface area contributed by atoms with Crippen LogP contribution in [0.15, 0.2) is 57.5 Å². The molecular weight excluding hydrogens is 460 g/mol. The van der Waals surface area contributed by atoms with E-state index in [2.05, 4.69) is 36.3 Å². The van der Waals surface area contributed by atoms with Gasteiger partial charge in [0.25, 0.3) is 0 Å². The Kier molecular flexibility index (Phi) is 6.99. The fraction of sp³-hybridized carbons (Fsp3) is 0.348. The van der Waals surface area contributed by atoms with Crippen molar-refractivity contribution in [2.24, 2.45) is 5.92 Å². The molecule has 1 aliphatic rings. The topological polar surface area (TPSA) is 80.5 Å². The van der Waals surface area contributed by atoms with Gasteiger partial charge in [-0.3, -0.25) is 9.69 Å². The lowest BCUT2D eigenvalue weighted by atomic mass is 9.97. The van der Waals surface area contributed by atoms with Crippen LogP contribution in [0.2, 0.25) is 0 Å². The largest absolute Gasteiger partial charge is 0.497 e. The van der Waals surface area contributed by atoms with Gasteiger partial charge in [0.1, 0.15) is 5.75 Å². The smallest absolute Gasteiger partial charge is 0.241 e. The number of likely N-dealkylation sites (tertiary alicyclic amines) is 1. The molecule has 2 heterocycles. The van der Waals surface area contributed by atoms with E-state index >= 15 is 0 Å². The third kappa shape index (κ3) is 5.71. The second-order valence-electron chi connectivity index (χ2n) is 7.66. The number of piperidine rings is 1. The summed E-state index contributed by atoms with van der Waals surface area (Å²) in [6.07, 6.45) is 1.85. The van der Waals surface area contributed by atoms with Crippen LogP contribution in [-0.2, 0) is 17.9 Å². The van der Waals surface area contributed by atoms with Gasteiger partial charge in [0.2, 0.25) is 17.6 Å². The van der Waals surface area contributed by atoms with Gasteiger partial charge in [0.15, 0.2) is 0 Å². The number of carbonyl (C=O) groups is 1. The highest BCUT2D eigenvalue weighted by Crippen LogP contribution is 2.22. The third-order valence-electron chi connectivity index (χ3n) is 5.41. The van der Waals surface area contributed by atoms with Crippen molar-refractivity contribution in [3.63, 3.8) is 0 Å². The van der Waals surface area contributed by atoms with Crippen molar-refractivity contribution in [1.82, 2.24) is 20.4 Å². The Bertz CT molecular complexity index is 1020. The van der Waals surface area contributed by atoms with E-state index in [0.29, 0.717) is 31.3 Å². The Balaban J connectivity index is 1.30. The fourth-order valence-corrected chi connectivity index (χ4v) is 4.14. The summed E-state index contributed by atoms with van der Waals surface area (Å²) in [6, 6.07) is 15.5. The van der Waals surface area contributed by atoms with Gasteiger partial charge in [-0.05, 0) is 49.2 Å². The van der Waals surface area contributed by atoms with Gasteiger partial charge in [-0.25, -0.2) is 0 Å². The predicted molar refractivity (Wildman–Crippen MR) is 120 cm³/mol. The maximum absolute atomic E-state index is 12.7. The van der Waals surface area contributed by atoms with Crippen LogP contribution >= 0.6 is 15.9 Å². The maximum atomic E-state index is 12.7. The molecule has 1 aliphatic heterocycles. The zero-order valence-corrected chi connectivity index (χ0v) is 19.0. The summed E-state index contributed by atoms with van der Waals surface area (Å²) in [4.78, 5) is 19.4. The van der Waals surface area contributed by atoms with Crippen LogP contribution in [-0.4, -0.2) is 41.1 Å². The summed E-state index contributed by atoms with van der Waals surface area (Å²) < 4.78 is 11.6. The number of methoxy groups -OCH3 is 1. The second kappa shape index (κ2) is 10.1. The van der Waals surface area contributed by atoms with Crippen LogP contribution < -0.4 is 10.1 Å². The second-order valence-corrected chi connectivity index (χ2v) is 8.58. The van der Waals surface area contributed by atoms with Crippen molar-refractivity contribution >= 4 is 21.8 Å². The van der Waals surface area contributed by atoms with Gasteiger partial charge in [-0.15, -0.1) is 0 Å². The number of rotatable bonds is 7. The molecule has 2 aromatic carbocycles. The van der Waals surface area contributed by atoms with Crippen LogP contribution in [0.4, 0.5) is 0 Å². The minimum absolute atomic E-state index is 0.0422. The van der Waals surface area contributed by atoms with E-state index in [-0.39, 0.29) is 11.8 Å². The molecule has 162 valence electrons. The Morgan fingerprint density at radius 1 is 1.29 bits per heavy atom. The maximum Gasteiger partial charge on any atom is 0.241 e. The number of halogens is 1. The molecule has 1 atom stereocenters. The highest BCUT2D eigenvalue weighted by molar-refractivity contribution is 9.10. The number of nitrogens with one attached hydrogen (secondary N) is 1. The Labute approximate surface area is 189 Å². The molecule has 1 fully saturated rings. The van der Waals surface area contributed by atoms with Crippen molar-refractivity contribution in [3.8, 4) is 17.1 Å². The first-order valence-electron chi connectivity index (χ1n) is 10.3. The summed E-state index contributed by atoms with van der Waals surface area (Å²) in [7, 11) is 1.64. The van der Waals surface area contributed by atoms with Crippen LogP contribution in [0.5, 0.6) is 5.75 Å². The number of aromatic nitrogens is 2. The van der Waals surface area contributed by atoms with Gasteiger partial charge in [0.05, 0.1) is 19.6 Å². The molecule has 4 rings (SSSR count). The lowest BCUT2D eigenvalue weighted by molar-refractivity contribution is -0.127. The molecule has 31 heavy (non-hydrogen) atoms. The highest BCUT2D eigenvalue weighted by Gasteiger charge is 2.26. The van der Waals surface area contributed by atoms with Crippen molar-refractivity contribution in [2.75, 3.05) is 20.2 Å². The normalized spacial score (nSPS) is 16.8. The van der Waals surface area contributed by atoms with Gasteiger partial charge in [0, 0.05) is 23.1 Å². The molecule has 1 N–H and O–H groups in total. The average Bonchev–Trinajstić information content (AvgIpc) is 3.26. The van der Waals surface area contributed by atoms with E-state index in [9.17, 15) is 4.79 Å². The summed E-state index contributed by atoms with van der Waals surface area (Å²) in [5.74, 6) is 1.98. The first-order valence-corrected chi connectivity index (χ1v) is 11.1. The van der Waals surface area contributed by atoms with Gasteiger partial charge < -0.3 is 14.6 Å². The molecule has 0 spiro atoms. The molecule has 0 radical (unpaired) electrons. The summed E-state index contributed by atoms with van der Waals surface area (Å²) in [6.45, 7) is 2.65. The van der Waals surface area contributed by atoms with Crippen LogP contribution in [0, 0.1) is 5.92 Å². The lowest BCUT2D eigenvalue weighted by Crippen LogP contribution is -2.42. The number of hydrogen-bond donors (Lipinski definition) is 1. The Hall–Kier alpha value is -2.71. The van der Waals surface area contributed by atoms with E-state index in [1.165, 1.54) is 0 Å². The highest BCUT2D eigenvalue weighted by atomic mass is 79.9. The van der Waals surface area contributed by atoms with Crippen molar-refractivity contribution in [2.45, 2.75) is 25.9 Å². The van der Waals surface area contributed by atoms with Crippen LogP contribution in [0.25, 0.3) is 11.4 Å². The molecule has 0 saturated carbocycles. The van der Waals surface area contributed by atoms with Crippen molar-refractivity contribution < 1.29 is 14.1 Å². The van der Waals surface area contributed by atoms with E-state index < -0.39 is 0 Å². The Morgan fingerprint density at radius 3 is 2.90 bits per heavy atom. The first-order chi connectivity index (χ1) is 15.1. The molecule has 1 amide bonds. The van der Waals surface area contributed by atoms with E-state index in [4.69, 9.17) is 9.26 Å². The fourth-order valence-electron chi connectivity index (χ4n) is 3.75. The zero-order chi connectivity index (χ0) is 21.6. The molecule has 0 bridgehead atoms. The number of ether oxygens (including phenoxy) is 1. The molecular formula is C23H25BrN4O3. The minimum atomic E-state index is -0.0422. The van der Waals surface area contributed by atoms with E-state index in [1.807, 2.05) is 48.5 Å². The van der Waals surface area contributed by atoms with E-state index in [1.54, 1.807) is 7.11 Å². The molecule has 7 nitrogen and oxygen atoms in total. The summed E-state index contributed by atoms with van der Waals surface area (Å²) in [5.41, 5.74) is 1.95. The molecule has 1 aromatic heterocycles. The van der Waals surface area contributed by atoms with Gasteiger partial charge in [-0.1, -0.05) is 45.4 Å². The monoisotopic (exact) mass is 484 g/mol. The number of hydrogen-bond acceptors (Lipinski definition) is 6. The SMILES string of the molecule is COc1ccc(CNC(=O)C2CCCN(Cc3nc(-c4cccc(Br)c4)no3)C2)cc1. The number of carbonyl (C=O) groups excluding carboxylic acids is 1. The number of benzene rings is 2. The molecule has 1 saturated heterocycles. The quantitative estimate of drug-likeness (QED) is 0.544. The lowest BCUT2D eigenvalue weighted by Gasteiger charge is -2.30. The van der Waals surface area contributed by atoms with Crippen LogP contribution in [0.1, 0.15) is 24.3 Å². The average molecular weight is 485 g/mol. The minimum Gasteiger partial charge on any atom is -0.497 e. The van der Waals surface area contributed by atoms with Crippen molar-refractivity contribution in [3.05, 3.63) is 64.5 Å². The molecule has 3 aromatic rings. The first kappa shape index (κ1) is 21.5. The summed E-state index contributed by atoms with van der Waals surface area (Å²) >= 11 is 3.46. The summed E-state index contributed by atoms with van der Waals surface area (Å²) in [5, 5.41) is 7.16. The van der Waals surface area contributed by atoms with Gasteiger partial charge >= 0.3 is 0 Å². The molecule has 8 heteroatoms. The molecule has 1 unspecified atom stereocenters. The Morgan fingerprint density at radius 2 is 2.13 bits per heavy atom. The standard InChI is InChI=1S/C23H25BrN4O3/c1-30-20-9-7-16(8-10-20)13-25-23(29)18-5-3-11-28(14-18)15-21-26-22(27-31-21)17-4-2-6-19(24)12-17/h2,4,6-10,12,18H,3,5,11,13-15H2,1H3,(H,25,29). The van der Waals surface area contributed by atoms with Crippen LogP contribution in [0.3, 0.4) is 0 Å². The third-order valence-corrected chi connectivity index (χ3v) is 5.91. The number of amides is 1. The zero-order valence-electron chi connectivity index (χ0n) is 17.4.